The summed E-state index contributed by atoms with van der Waals surface area (Å²) in [6.07, 6.45) is 0. The second-order valence-electron chi connectivity index (χ2n) is 3.02. The van der Waals surface area contributed by atoms with Crippen LogP contribution in [0.15, 0.2) is 18.2 Å². The second kappa shape index (κ2) is 3.49. The summed E-state index contributed by atoms with van der Waals surface area (Å²) in [5, 5.41) is 22.3. The first-order chi connectivity index (χ1) is 7.20. The number of H-pyrrole nitrogens is 1. The molecule has 2 rings (SSSR count). The number of nitrogens with one attached hydrogen (secondary N) is 1. The molecule has 0 atom stereocenters. The van der Waals surface area contributed by atoms with Crippen LogP contribution in [0.1, 0.15) is 15.9 Å². The van der Waals surface area contributed by atoms with Crippen LogP contribution in [-0.2, 0) is 0 Å². The van der Waals surface area contributed by atoms with Gasteiger partial charge in [-0.3, -0.25) is 0 Å². The molecule has 6 nitrogen and oxygen atoms in total. The van der Waals surface area contributed by atoms with Gasteiger partial charge in [-0.1, -0.05) is 12.1 Å². The van der Waals surface area contributed by atoms with E-state index in [1.807, 2.05) is 0 Å². The highest BCUT2D eigenvalue weighted by Gasteiger charge is 2.13. The Kier molecular flexibility index (Phi) is 2.17. The van der Waals surface area contributed by atoms with Crippen molar-refractivity contribution in [2.24, 2.45) is 0 Å². The van der Waals surface area contributed by atoms with E-state index in [0.717, 1.165) is 0 Å². The van der Waals surface area contributed by atoms with E-state index in [4.69, 9.17) is 5.11 Å². The molecule has 0 saturated heterocycles. The molecule has 0 fully saturated rings. The molecule has 0 aliphatic carbocycles. The molecule has 1 aromatic carbocycles. The smallest absolute Gasteiger partial charge is 0.335 e. The lowest BCUT2D eigenvalue weighted by Crippen LogP contribution is -2.01. The molecule has 2 N–H and O–H groups in total. The number of rotatable bonds is 2. The Balaban J connectivity index is 2.59. The van der Waals surface area contributed by atoms with Gasteiger partial charge in [-0.2, -0.15) is 5.21 Å². The third-order valence-corrected chi connectivity index (χ3v) is 2.15. The molecule has 1 aromatic heterocycles. The number of tetrazole rings is 1. The molecule has 76 valence electrons. The zero-order valence-corrected chi connectivity index (χ0v) is 7.93. The first kappa shape index (κ1) is 9.32. The molecule has 2 aromatic rings. The molecular formula is C9H8N4O2. The van der Waals surface area contributed by atoms with E-state index in [9.17, 15) is 4.79 Å². The van der Waals surface area contributed by atoms with Gasteiger partial charge in [0.2, 0.25) is 5.82 Å². The molecule has 15 heavy (non-hydrogen) atoms. The number of aromatic nitrogens is 4. The van der Waals surface area contributed by atoms with Crippen LogP contribution in [0.25, 0.3) is 11.4 Å². The Morgan fingerprint density at radius 3 is 2.87 bits per heavy atom. The summed E-state index contributed by atoms with van der Waals surface area (Å²) in [5.74, 6) is -0.562. The molecule has 0 aliphatic rings. The minimum absolute atomic E-state index is 0.248. The molecule has 0 radical (unpaired) electrons. The normalized spacial score (nSPS) is 10.2. The van der Waals surface area contributed by atoms with Gasteiger partial charge in [-0.15, -0.1) is 10.2 Å². The van der Waals surface area contributed by atoms with Gasteiger partial charge in [0.25, 0.3) is 0 Å². The number of benzene rings is 1. The molecular weight excluding hydrogens is 196 g/mol. The van der Waals surface area contributed by atoms with Crippen molar-refractivity contribution in [2.45, 2.75) is 6.92 Å². The maximum atomic E-state index is 10.9. The van der Waals surface area contributed by atoms with E-state index < -0.39 is 5.97 Å². The van der Waals surface area contributed by atoms with Crippen LogP contribution < -0.4 is 0 Å². The summed E-state index contributed by atoms with van der Waals surface area (Å²) in [4.78, 5) is 10.9. The van der Waals surface area contributed by atoms with Crippen molar-refractivity contribution < 1.29 is 9.90 Å². The number of carboxylic acid groups (broad SMARTS) is 1. The van der Waals surface area contributed by atoms with E-state index >= 15 is 0 Å². The predicted octanol–water partition coefficient (Wildman–Crippen LogP) is 0.873. The fraction of sp³-hybridized carbons (Fsp3) is 0.111. The maximum Gasteiger partial charge on any atom is 0.335 e. The molecule has 1 heterocycles. The van der Waals surface area contributed by atoms with Crippen molar-refractivity contribution in [2.75, 3.05) is 0 Å². The highest BCUT2D eigenvalue weighted by atomic mass is 16.4. The number of aromatic amines is 1. The first-order valence-electron chi connectivity index (χ1n) is 4.27. The van der Waals surface area contributed by atoms with Crippen LogP contribution in [-0.4, -0.2) is 31.7 Å². The SMILES string of the molecule is Cc1c(C(=O)O)cccc1-c1nn[nH]n1. The Morgan fingerprint density at radius 1 is 1.47 bits per heavy atom. The third-order valence-electron chi connectivity index (χ3n) is 2.15. The monoisotopic (exact) mass is 204 g/mol. The molecule has 0 saturated carbocycles. The minimum Gasteiger partial charge on any atom is -0.478 e. The Labute approximate surface area is 84.9 Å². The summed E-state index contributed by atoms with van der Waals surface area (Å²) >= 11 is 0. The first-order valence-corrected chi connectivity index (χ1v) is 4.27. The Bertz CT molecular complexity index is 493. The minimum atomic E-state index is -0.960. The largest absolute Gasteiger partial charge is 0.478 e. The summed E-state index contributed by atoms with van der Waals surface area (Å²) < 4.78 is 0. The average Bonchev–Trinajstić information content (AvgIpc) is 2.70. The molecule has 0 unspecified atom stereocenters. The fourth-order valence-corrected chi connectivity index (χ4v) is 1.39. The lowest BCUT2D eigenvalue weighted by molar-refractivity contribution is 0.0696. The predicted molar refractivity (Wildman–Crippen MR) is 51.3 cm³/mol. The van der Waals surface area contributed by atoms with E-state index in [1.165, 1.54) is 0 Å². The average molecular weight is 204 g/mol. The van der Waals surface area contributed by atoms with E-state index in [0.29, 0.717) is 17.0 Å². The maximum absolute atomic E-state index is 10.9. The number of hydrogen-bond acceptors (Lipinski definition) is 4. The van der Waals surface area contributed by atoms with Crippen molar-refractivity contribution in [1.29, 1.82) is 0 Å². The van der Waals surface area contributed by atoms with E-state index in [2.05, 4.69) is 20.6 Å². The van der Waals surface area contributed by atoms with Crippen LogP contribution >= 0.6 is 0 Å². The number of carboxylic acids is 1. The molecule has 0 bridgehead atoms. The van der Waals surface area contributed by atoms with E-state index in [1.54, 1.807) is 25.1 Å². The van der Waals surface area contributed by atoms with Crippen LogP contribution in [0, 0.1) is 6.92 Å². The van der Waals surface area contributed by atoms with Crippen LogP contribution in [0.4, 0.5) is 0 Å². The zero-order valence-electron chi connectivity index (χ0n) is 7.93. The van der Waals surface area contributed by atoms with Crippen molar-refractivity contribution in [1.82, 2.24) is 20.6 Å². The van der Waals surface area contributed by atoms with Crippen molar-refractivity contribution >= 4 is 5.97 Å². The molecule has 0 spiro atoms. The lowest BCUT2D eigenvalue weighted by atomic mass is 10.0. The molecule has 0 amide bonds. The van der Waals surface area contributed by atoms with Crippen molar-refractivity contribution in [3.63, 3.8) is 0 Å². The quantitative estimate of drug-likeness (QED) is 0.757. The highest BCUT2D eigenvalue weighted by Crippen LogP contribution is 2.21. The number of carbonyl (C=O) groups is 1. The third kappa shape index (κ3) is 1.56. The molecule has 0 aliphatic heterocycles. The van der Waals surface area contributed by atoms with Gasteiger partial charge in [-0.25, -0.2) is 4.79 Å². The molecule has 6 heteroatoms. The van der Waals surface area contributed by atoms with Gasteiger partial charge in [0.15, 0.2) is 0 Å². The standard InChI is InChI=1S/C9H8N4O2/c1-5-6(8-10-12-13-11-8)3-2-4-7(5)9(14)15/h2-4H,1H3,(H,14,15)(H,10,11,12,13). The van der Waals surface area contributed by atoms with Gasteiger partial charge < -0.3 is 5.11 Å². The van der Waals surface area contributed by atoms with Gasteiger partial charge in [0, 0.05) is 5.56 Å². The summed E-state index contributed by atoms with van der Waals surface area (Å²) in [7, 11) is 0. The summed E-state index contributed by atoms with van der Waals surface area (Å²) in [5.41, 5.74) is 1.55. The summed E-state index contributed by atoms with van der Waals surface area (Å²) in [6.45, 7) is 1.72. The van der Waals surface area contributed by atoms with Crippen molar-refractivity contribution in [3.05, 3.63) is 29.3 Å². The number of hydrogen-bond donors (Lipinski definition) is 2. The van der Waals surface area contributed by atoms with Gasteiger partial charge >= 0.3 is 5.97 Å². The van der Waals surface area contributed by atoms with Crippen LogP contribution in [0.2, 0.25) is 0 Å². The fourth-order valence-electron chi connectivity index (χ4n) is 1.39. The van der Waals surface area contributed by atoms with Gasteiger partial charge in [0.1, 0.15) is 0 Å². The summed E-state index contributed by atoms with van der Waals surface area (Å²) in [6, 6.07) is 4.95. The number of nitrogens with zero attached hydrogens (tertiary/aromatic N) is 3. The Hall–Kier alpha value is -2.24. The highest BCUT2D eigenvalue weighted by molar-refractivity contribution is 5.91. The van der Waals surface area contributed by atoms with Crippen LogP contribution in [0.3, 0.4) is 0 Å². The van der Waals surface area contributed by atoms with Gasteiger partial charge in [-0.05, 0) is 23.8 Å². The van der Waals surface area contributed by atoms with Gasteiger partial charge in [0.05, 0.1) is 5.56 Å². The van der Waals surface area contributed by atoms with Crippen molar-refractivity contribution in [3.8, 4) is 11.4 Å². The zero-order chi connectivity index (χ0) is 10.8. The van der Waals surface area contributed by atoms with Crippen LogP contribution in [0.5, 0.6) is 0 Å². The topological polar surface area (TPSA) is 91.8 Å². The van der Waals surface area contributed by atoms with E-state index in [-0.39, 0.29) is 5.56 Å². The number of aromatic carboxylic acids is 1. The Morgan fingerprint density at radius 2 is 2.27 bits per heavy atom. The lowest BCUT2D eigenvalue weighted by Gasteiger charge is -2.04. The second-order valence-corrected chi connectivity index (χ2v) is 3.02.